The van der Waals surface area contributed by atoms with Crippen molar-refractivity contribution in [1.29, 1.82) is 0 Å². The van der Waals surface area contributed by atoms with Crippen LogP contribution in [0.1, 0.15) is 20.1 Å². The van der Waals surface area contributed by atoms with Gasteiger partial charge in [-0.1, -0.05) is 18.2 Å². The Labute approximate surface area is 115 Å². The summed E-state index contributed by atoms with van der Waals surface area (Å²) in [7, 11) is 0. The third-order valence-corrected chi connectivity index (χ3v) is 4.15. The van der Waals surface area contributed by atoms with Crippen LogP contribution in [-0.2, 0) is 6.42 Å². The first kappa shape index (κ1) is 12.1. The number of fused-ring (bicyclic) bond motifs is 1. The first-order chi connectivity index (χ1) is 9.24. The first-order valence-electron chi connectivity index (χ1n) is 6.16. The number of hydrogen-bond acceptors (Lipinski definition) is 3. The zero-order valence-electron chi connectivity index (χ0n) is 10.6. The number of Topliss-reactive ketones (excluding diaryl/α,β-unsaturated/α-hetero) is 1. The van der Waals surface area contributed by atoms with Crippen LogP contribution < -0.4 is 0 Å². The van der Waals surface area contributed by atoms with Crippen LogP contribution >= 0.6 is 11.3 Å². The van der Waals surface area contributed by atoms with Crippen molar-refractivity contribution in [3.05, 3.63) is 64.0 Å². The molecule has 0 aliphatic heterocycles. The van der Waals surface area contributed by atoms with Gasteiger partial charge in [0.15, 0.2) is 5.78 Å². The highest BCUT2D eigenvalue weighted by Gasteiger charge is 2.11. The first-order valence-corrected chi connectivity index (χ1v) is 6.98. The number of carbonyl (C=O) groups excluding carboxylic acids is 1. The van der Waals surface area contributed by atoms with Crippen molar-refractivity contribution >= 4 is 28.0 Å². The van der Waals surface area contributed by atoms with E-state index < -0.39 is 0 Å². The van der Waals surface area contributed by atoms with Gasteiger partial charge in [-0.2, -0.15) is 0 Å². The molecule has 0 atom stereocenters. The molecule has 2 nitrogen and oxygen atoms in total. The quantitative estimate of drug-likeness (QED) is 0.671. The molecule has 0 bridgehead atoms. The molecule has 3 heteroatoms. The molecule has 0 aliphatic carbocycles. The van der Waals surface area contributed by atoms with Crippen LogP contribution in [0.4, 0.5) is 0 Å². The lowest BCUT2D eigenvalue weighted by molar-refractivity contribution is 0.0997. The predicted octanol–water partition coefficient (Wildman–Crippen LogP) is 4.03. The lowest BCUT2D eigenvalue weighted by Gasteiger charge is -2.04. The van der Waals surface area contributed by atoms with Crippen LogP contribution in [0.5, 0.6) is 0 Å². The summed E-state index contributed by atoms with van der Waals surface area (Å²) < 4.78 is 0. The normalized spacial score (nSPS) is 10.8. The molecular formula is C16H13NOS. The van der Waals surface area contributed by atoms with Crippen LogP contribution in [0.25, 0.3) is 10.9 Å². The Balaban J connectivity index is 1.95. The van der Waals surface area contributed by atoms with Gasteiger partial charge in [-0.25, -0.2) is 0 Å². The number of carbonyl (C=O) groups is 1. The van der Waals surface area contributed by atoms with Crippen molar-refractivity contribution in [2.24, 2.45) is 0 Å². The van der Waals surface area contributed by atoms with Gasteiger partial charge in [0, 0.05) is 22.9 Å². The number of ketones is 1. The molecule has 3 aromatic rings. The van der Waals surface area contributed by atoms with Crippen molar-refractivity contribution in [2.75, 3.05) is 0 Å². The monoisotopic (exact) mass is 267 g/mol. The Hall–Kier alpha value is -2.00. The van der Waals surface area contributed by atoms with Crippen LogP contribution in [0, 0.1) is 6.92 Å². The van der Waals surface area contributed by atoms with E-state index in [4.69, 9.17) is 0 Å². The van der Waals surface area contributed by atoms with Gasteiger partial charge >= 0.3 is 0 Å². The standard InChI is InChI=1S/C16H13NOS/c1-11-6-7-16(19-11)15(18)10-12-8-9-17-14-5-3-2-4-13(12)14/h2-9H,10H2,1H3. The van der Waals surface area contributed by atoms with Gasteiger partial charge in [-0.05, 0) is 36.8 Å². The van der Waals surface area contributed by atoms with Crippen LogP contribution in [-0.4, -0.2) is 10.8 Å². The van der Waals surface area contributed by atoms with E-state index in [0.717, 1.165) is 21.3 Å². The maximum absolute atomic E-state index is 12.3. The summed E-state index contributed by atoms with van der Waals surface area (Å²) in [6, 6.07) is 13.8. The summed E-state index contributed by atoms with van der Waals surface area (Å²) in [4.78, 5) is 18.6. The van der Waals surface area contributed by atoms with E-state index in [1.807, 2.05) is 49.4 Å². The van der Waals surface area contributed by atoms with Gasteiger partial charge < -0.3 is 0 Å². The van der Waals surface area contributed by atoms with E-state index in [1.165, 1.54) is 4.88 Å². The zero-order valence-corrected chi connectivity index (χ0v) is 11.4. The number of rotatable bonds is 3. The Morgan fingerprint density at radius 2 is 2.00 bits per heavy atom. The molecule has 2 aromatic heterocycles. The van der Waals surface area contributed by atoms with Crippen molar-refractivity contribution < 1.29 is 4.79 Å². The molecule has 94 valence electrons. The Kier molecular flexibility index (Phi) is 3.13. The second-order valence-corrected chi connectivity index (χ2v) is 5.79. The average molecular weight is 267 g/mol. The number of hydrogen-bond donors (Lipinski definition) is 0. The average Bonchev–Trinajstić information content (AvgIpc) is 2.86. The smallest absolute Gasteiger partial charge is 0.177 e. The predicted molar refractivity (Wildman–Crippen MR) is 78.8 cm³/mol. The van der Waals surface area contributed by atoms with Crippen molar-refractivity contribution in [3.8, 4) is 0 Å². The van der Waals surface area contributed by atoms with Gasteiger partial charge in [0.1, 0.15) is 0 Å². The summed E-state index contributed by atoms with van der Waals surface area (Å²) in [5.74, 6) is 0.175. The highest BCUT2D eigenvalue weighted by Crippen LogP contribution is 2.21. The molecule has 0 saturated carbocycles. The molecule has 2 heterocycles. The summed E-state index contributed by atoms with van der Waals surface area (Å²) in [5.41, 5.74) is 1.98. The van der Waals surface area contributed by atoms with E-state index in [1.54, 1.807) is 17.5 Å². The molecule has 3 rings (SSSR count). The fourth-order valence-electron chi connectivity index (χ4n) is 2.15. The van der Waals surface area contributed by atoms with E-state index >= 15 is 0 Å². The van der Waals surface area contributed by atoms with Crippen molar-refractivity contribution in [2.45, 2.75) is 13.3 Å². The lowest BCUT2D eigenvalue weighted by Crippen LogP contribution is -2.02. The van der Waals surface area contributed by atoms with Crippen molar-refractivity contribution in [1.82, 2.24) is 4.98 Å². The zero-order chi connectivity index (χ0) is 13.2. The van der Waals surface area contributed by atoms with E-state index in [-0.39, 0.29) is 5.78 Å². The van der Waals surface area contributed by atoms with Gasteiger partial charge in [0.05, 0.1) is 10.4 Å². The van der Waals surface area contributed by atoms with Crippen molar-refractivity contribution in [3.63, 3.8) is 0 Å². The highest BCUT2D eigenvalue weighted by molar-refractivity contribution is 7.14. The lowest BCUT2D eigenvalue weighted by atomic mass is 10.0. The molecule has 0 saturated heterocycles. The number of benzene rings is 1. The molecule has 0 fully saturated rings. The third kappa shape index (κ3) is 2.42. The van der Waals surface area contributed by atoms with Gasteiger partial charge in [0.2, 0.25) is 0 Å². The summed E-state index contributed by atoms with van der Waals surface area (Å²) in [5, 5.41) is 1.06. The fourth-order valence-corrected chi connectivity index (χ4v) is 2.96. The maximum atomic E-state index is 12.3. The van der Waals surface area contributed by atoms with Gasteiger partial charge in [-0.3, -0.25) is 9.78 Å². The van der Waals surface area contributed by atoms with Crippen LogP contribution in [0.3, 0.4) is 0 Å². The number of thiophene rings is 1. The molecule has 0 amide bonds. The van der Waals surface area contributed by atoms with E-state index in [9.17, 15) is 4.79 Å². The molecule has 1 aromatic carbocycles. The molecular weight excluding hydrogens is 254 g/mol. The minimum absolute atomic E-state index is 0.175. The van der Waals surface area contributed by atoms with Gasteiger partial charge in [-0.15, -0.1) is 11.3 Å². The molecule has 0 radical (unpaired) electrons. The molecule has 0 aliphatic rings. The largest absolute Gasteiger partial charge is 0.293 e. The molecule has 0 N–H and O–H groups in total. The van der Waals surface area contributed by atoms with Crippen LogP contribution in [0.15, 0.2) is 48.7 Å². The number of para-hydroxylation sites is 1. The Morgan fingerprint density at radius 3 is 2.79 bits per heavy atom. The molecule has 0 spiro atoms. The minimum Gasteiger partial charge on any atom is -0.293 e. The summed E-state index contributed by atoms with van der Waals surface area (Å²) in [6.45, 7) is 2.02. The van der Waals surface area contributed by atoms with Gasteiger partial charge in [0.25, 0.3) is 0 Å². The third-order valence-electron chi connectivity index (χ3n) is 3.11. The summed E-state index contributed by atoms with van der Waals surface area (Å²) in [6.07, 6.45) is 2.20. The minimum atomic E-state index is 0.175. The number of aromatic nitrogens is 1. The SMILES string of the molecule is Cc1ccc(C(=O)Cc2ccnc3ccccc23)s1. The Bertz CT molecular complexity index is 740. The number of nitrogens with zero attached hydrogens (tertiary/aromatic N) is 1. The van der Waals surface area contributed by atoms with E-state index in [2.05, 4.69) is 4.98 Å². The Morgan fingerprint density at radius 1 is 1.16 bits per heavy atom. The van der Waals surface area contributed by atoms with E-state index in [0.29, 0.717) is 6.42 Å². The number of aryl methyl sites for hydroxylation is 1. The topological polar surface area (TPSA) is 30.0 Å². The number of pyridine rings is 1. The molecule has 0 unspecified atom stereocenters. The second-order valence-electron chi connectivity index (χ2n) is 4.50. The summed E-state index contributed by atoms with van der Waals surface area (Å²) >= 11 is 1.56. The maximum Gasteiger partial charge on any atom is 0.177 e. The highest BCUT2D eigenvalue weighted by atomic mass is 32.1. The second kappa shape index (κ2) is 4.94. The molecule has 19 heavy (non-hydrogen) atoms. The van der Waals surface area contributed by atoms with Crippen LogP contribution in [0.2, 0.25) is 0 Å². The fraction of sp³-hybridized carbons (Fsp3) is 0.125.